The van der Waals surface area contributed by atoms with E-state index in [-0.39, 0.29) is 5.82 Å². The van der Waals surface area contributed by atoms with Crippen LogP contribution in [-0.4, -0.2) is 34.9 Å². The van der Waals surface area contributed by atoms with Gasteiger partial charge in [-0.3, -0.25) is 4.90 Å². The molecular weight excluding hydrogens is 399 g/mol. The zero-order valence-corrected chi connectivity index (χ0v) is 16.9. The fraction of sp³-hybridized carbons (Fsp3) is 0.263. The molecule has 3 aromatic rings. The third-order valence-corrected chi connectivity index (χ3v) is 5.34. The van der Waals surface area contributed by atoms with Gasteiger partial charge in [0, 0.05) is 12.2 Å². The lowest BCUT2D eigenvalue weighted by molar-refractivity contribution is 0.171. The highest BCUT2D eigenvalue weighted by molar-refractivity contribution is 7.73. The van der Waals surface area contributed by atoms with Crippen molar-refractivity contribution in [2.45, 2.75) is 13.2 Å². The van der Waals surface area contributed by atoms with E-state index < -0.39 is 0 Å². The SMILES string of the molecule is CN(Cc1ccc2c(c1)OCCO2)Cn1nc(Nc2cccc(F)c2)sc1=S. The molecule has 0 atom stereocenters. The Morgan fingerprint density at radius 3 is 2.86 bits per heavy atom. The highest BCUT2D eigenvalue weighted by Gasteiger charge is 2.13. The van der Waals surface area contributed by atoms with E-state index in [1.165, 1.54) is 23.5 Å². The number of nitrogens with zero attached hydrogens (tertiary/aromatic N) is 3. The second-order valence-corrected chi connectivity index (χ2v) is 8.06. The fourth-order valence-corrected chi connectivity index (χ4v) is 3.93. The molecule has 0 fully saturated rings. The molecule has 0 saturated carbocycles. The van der Waals surface area contributed by atoms with Gasteiger partial charge in [0.1, 0.15) is 19.0 Å². The Balaban J connectivity index is 1.41. The van der Waals surface area contributed by atoms with Crippen LogP contribution in [0.1, 0.15) is 5.56 Å². The zero-order chi connectivity index (χ0) is 19.5. The van der Waals surface area contributed by atoms with Gasteiger partial charge in [0.2, 0.25) is 5.13 Å². The van der Waals surface area contributed by atoms with Crippen molar-refractivity contribution in [1.82, 2.24) is 14.7 Å². The molecule has 0 aliphatic carbocycles. The lowest BCUT2D eigenvalue weighted by atomic mass is 10.2. The number of hydrogen-bond acceptors (Lipinski definition) is 7. The van der Waals surface area contributed by atoms with Crippen molar-refractivity contribution in [2.24, 2.45) is 0 Å². The number of halogens is 1. The normalized spacial score (nSPS) is 13.0. The molecule has 28 heavy (non-hydrogen) atoms. The van der Waals surface area contributed by atoms with Crippen LogP contribution in [0, 0.1) is 9.77 Å². The Morgan fingerprint density at radius 2 is 2.04 bits per heavy atom. The minimum absolute atomic E-state index is 0.299. The first kappa shape index (κ1) is 18.9. The van der Waals surface area contributed by atoms with E-state index in [0.717, 1.165) is 17.1 Å². The van der Waals surface area contributed by atoms with Gasteiger partial charge in [-0.15, -0.1) is 5.10 Å². The van der Waals surface area contributed by atoms with E-state index in [4.69, 9.17) is 21.7 Å². The summed E-state index contributed by atoms with van der Waals surface area (Å²) in [5.41, 5.74) is 1.76. The molecule has 0 radical (unpaired) electrons. The Kier molecular flexibility index (Phi) is 5.56. The molecule has 6 nitrogen and oxygen atoms in total. The summed E-state index contributed by atoms with van der Waals surface area (Å²) in [5, 5.41) is 8.22. The molecule has 0 bridgehead atoms. The predicted molar refractivity (Wildman–Crippen MR) is 110 cm³/mol. The van der Waals surface area contributed by atoms with Gasteiger partial charge in [-0.25, -0.2) is 9.07 Å². The maximum absolute atomic E-state index is 13.3. The van der Waals surface area contributed by atoms with E-state index in [1.54, 1.807) is 16.8 Å². The first-order chi connectivity index (χ1) is 13.6. The minimum Gasteiger partial charge on any atom is -0.486 e. The van der Waals surface area contributed by atoms with Crippen molar-refractivity contribution >= 4 is 34.4 Å². The summed E-state index contributed by atoms with van der Waals surface area (Å²) in [5.74, 6) is 1.27. The number of anilines is 2. The summed E-state index contributed by atoms with van der Waals surface area (Å²) < 4.78 is 26.9. The number of benzene rings is 2. The maximum atomic E-state index is 13.3. The third kappa shape index (κ3) is 4.49. The molecule has 0 spiro atoms. The smallest absolute Gasteiger partial charge is 0.209 e. The summed E-state index contributed by atoms with van der Waals surface area (Å²) in [4.78, 5) is 2.10. The molecule has 1 N–H and O–H groups in total. The van der Waals surface area contributed by atoms with Gasteiger partial charge in [0.05, 0.1) is 6.67 Å². The number of hydrogen-bond donors (Lipinski definition) is 1. The lowest BCUT2D eigenvalue weighted by Gasteiger charge is -2.21. The highest BCUT2D eigenvalue weighted by atomic mass is 32.1. The monoisotopic (exact) mass is 418 g/mol. The summed E-state index contributed by atoms with van der Waals surface area (Å²) in [6.45, 7) is 2.40. The fourth-order valence-electron chi connectivity index (χ4n) is 2.91. The van der Waals surface area contributed by atoms with Crippen molar-refractivity contribution < 1.29 is 13.9 Å². The van der Waals surface area contributed by atoms with Gasteiger partial charge in [0.25, 0.3) is 0 Å². The van der Waals surface area contributed by atoms with E-state index in [1.807, 2.05) is 25.2 Å². The van der Waals surface area contributed by atoms with E-state index in [2.05, 4.69) is 15.3 Å². The summed E-state index contributed by atoms with van der Waals surface area (Å²) in [6.07, 6.45) is 0. The van der Waals surface area contributed by atoms with E-state index in [0.29, 0.717) is 41.2 Å². The summed E-state index contributed by atoms with van der Waals surface area (Å²) >= 11 is 6.77. The standard InChI is InChI=1S/C19H19FN4O2S2/c1-23(11-13-5-6-16-17(9-13)26-8-7-25-16)12-24-19(27)28-18(22-24)21-15-4-2-3-14(20)10-15/h2-6,9-10H,7-8,11-12H2,1H3,(H,21,22). The molecule has 2 heterocycles. The second-order valence-electron chi connectivity index (χ2n) is 6.44. The minimum atomic E-state index is -0.299. The number of aromatic nitrogens is 2. The number of rotatable bonds is 6. The Hall–Kier alpha value is -2.49. The molecule has 0 unspecified atom stereocenters. The van der Waals surface area contributed by atoms with Crippen molar-refractivity contribution in [3.63, 3.8) is 0 Å². The number of nitrogens with one attached hydrogen (secondary N) is 1. The van der Waals surface area contributed by atoms with Crippen LogP contribution < -0.4 is 14.8 Å². The van der Waals surface area contributed by atoms with Gasteiger partial charge in [-0.2, -0.15) is 0 Å². The van der Waals surface area contributed by atoms with Crippen LogP contribution in [0.5, 0.6) is 11.5 Å². The molecule has 4 rings (SSSR count). The lowest BCUT2D eigenvalue weighted by Crippen LogP contribution is -2.22. The van der Waals surface area contributed by atoms with Gasteiger partial charge in [-0.1, -0.05) is 23.5 Å². The van der Waals surface area contributed by atoms with Gasteiger partial charge >= 0.3 is 0 Å². The molecular formula is C19H19FN4O2S2. The van der Waals surface area contributed by atoms with Crippen LogP contribution in [0.3, 0.4) is 0 Å². The predicted octanol–water partition coefficient (Wildman–Crippen LogP) is 4.42. The summed E-state index contributed by atoms with van der Waals surface area (Å²) in [7, 11) is 2.00. The van der Waals surface area contributed by atoms with Gasteiger partial charge < -0.3 is 14.8 Å². The first-order valence-electron chi connectivity index (χ1n) is 8.74. The van der Waals surface area contributed by atoms with Crippen molar-refractivity contribution in [2.75, 3.05) is 25.6 Å². The zero-order valence-electron chi connectivity index (χ0n) is 15.2. The third-order valence-electron chi connectivity index (χ3n) is 4.12. The van der Waals surface area contributed by atoms with Crippen LogP contribution in [-0.2, 0) is 13.2 Å². The molecule has 1 aliphatic heterocycles. The van der Waals surface area contributed by atoms with Crippen LogP contribution >= 0.6 is 23.6 Å². The molecule has 146 valence electrons. The van der Waals surface area contributed by atoms with Crippen molar-refractivity contribution in [3.05, 3.63) is 57.8 Å². The van der Waals surface area contributed by atoms with Crippen LogP contribution in [0.4, 0.5) is 15.2 Å². The topological polar surface area (TPSA) is 51.6 Å². The number of ether oxygens (including phenoxy) is 2. The van der Waals surface area contributed by atoms with Crippen LogP contribution in [0.2, 0.25) is 0 Å². The highest BCUT2D eigenvalue weighted by Crippen LogP contribution is 2.31. The van der Waals surface area contributed by atoms with Crippen molar-refractivity contribution in [3.8, 4) is 11.5 Å². The van der Waals surface area contributed by atoms with Crippen molar-refractivity contribution in [1.29, 1.82) is 0 Å². The maximum Gasteiger partial charge on any atom is 0.209 e. The van der Waals surface area contributed by atoms with E-state index >= 15 is 0 Å². The van der Waals surface area contributed by atoms with Crippen LogP contribution in [0.25, 0.3) is 0 Å². The summed E-state index contributed by atoms with van der Waals surface area (Å²) in [6, 6.07) is 12.2. The molecule has 0 amide bonds. The molecule has 2 aromatic carbocycles. The Labute approximate surface area is 171 Å². The molecule has 9 heteroatoms. The first-order valence-corrected chi connectivity index (χ1v) is 9.97. The quantitative estimate of drug-likeness (QED) is 0.598. The average molecular weight is 419 g/mol. The largest absolute Gasteiger partial charge is 0.486 e. The Morgan fingerprint density at radius 1 is 1.21 bits per heavy atom. The second kappa shape index (κ2) is 8.26. The number of fused-ring (bicyclic) bond motifs is 1. The van der Waals surface area contributed by atoms with Gasteiger partial charge in [-0.05, 0) is 55.2 Å². The average Bonchev–Trinajstić information content (AvgIpc) is 3.00. The van der Waals surface area contributed by atoms with E-state index in [9.17, 15) is 4.39 Å². The molecule has 1 aliphatic rings. The Bertz CT molecular complexity index is 1040. The van der Waals surface area contributed by atoms with Gasteiger partial charge in [0.15, 0.2) is 15.5 Å². The van der Waals surface area contributed by atoms with Crippen LogP contribution in [0.15, 0.2) is 42.5 Å². The molecule has 1 aromatic heterocycles. The molecule has 0 saturated heterocycles.